The third-order valence-electron chi connectivity index (χ3n) is 3.75. The van der Waals surface area contributed by atoms with Gasteiger partial charge in [-0.25, -0.2) is 4.98 Å². The lowest BCUT2D eigenvalue weighted by Gasteiger charge is -2.40. The van der Waals surface area contributed by atoms with Gasteiger partial charge < -0.3 is 4.90 Å². The number of fused-ring (bicyclic) bond motifs is 1. The molecular formula is C13H17ClN4S. The molecule has 0 N–H and O–H groups in total. The van der Waals surface area contributed by atoms with Crippen LogP contribution in [0.3, 0.4) is 0 Å². The van der Waals surface area contributed by atoms with Crippen molar-refractivity contribution in [2.45, 2.75) is 19.9 Å². The number of halogens is 1. The summed E-state index contributed by atoms with van der Waals surface area (Å²) in [5, 5.41) is 3.51. The number of thiophene rings is 1. The minimum absolute atomic E-state index is 0.343. The maximum Gasteiger partial charge on any atom is 0.225 e. The van der Waals surface area contributed by atoms with Crippen LogP contribution in [0, 0.1) is 0 Å². The van der Waals surface area contributed by atoms with Gasteiger partial charge in [0.25, 0.3) is 0 Å². The first-order valence-corrected chi connectivity index (χ1v) is 7.84. The van der Waals surface area contributed by atoms with Crippen LogP contribution >= 0.6 is 22.9 Å². The minimum atomic E-state index is 0.343. The van der Waals surface area contributed by atoms with Crippen LogP contribution in [0.1, 0.15) is 13.8 Å². The van der Waals surface area contributed by atoms with Gasteiger partial charge >= 0.3 is 0 Å². The molecule has 2 aromatic heterocycles. The Morgan fingerprint density at radius 3 is 3.00 bits per heavy atom. The van der Waals surface area contributed by atoms with Crippen LogP contribution in [-0.2, 0) is 0 Å². The molecule has 1 fully saturated rings. The summed E-state index contributed by atoms with van der Waals surface area (Å²) in [6.07, 6.45) is 0. The second-order valence-corrected chi connectivity index (χ2v) is 6.11. The molecule has 3 heterocycles. The molecule has 0 bridgehead atoms. The van der Waals surface area contributed by atoms with E-state index >= 15 is 0 Å². The molecule has 0 radical (unpaired) electrons. The van der Waals surface area contributed by atoms with Crippen molar-refractivity contribution in [2.24, 2.45) is 0 Å². The minimum Gasteiger partial charge on any atom is -0.353 e. The number of nitrogens with zero attached hydrogens (tertiary/aromatic N) is 4. The largest absolute Gasteiger partial charge is 0.353 e. The molecule has 6 heteroatoms. The first-order chi connectivity index (χ1) is 9.19. The fraction of sp³-hybridized carbons (Fsp3) is 0.538. The highest BCUT2D eigenvalue weighted by Crippen LogP contribution is 2.30. The molecule has 0 aromatic carbocycles. The van der Waals surface area contributed by atoms with E-state index in [0.717, 1.165) is 42.2 Å². The summed E-state index contributed by atoms with van der Waals surface area (Å²) in [6.45, 7) is 8.65. The molecule has 0 amide bonds. The standard InChI is InChI=1S/C13H17ClN4S/c1-3-17-5-6-18(8-9(17)2)11-10-4-7-19-12(10)16-13(14)15-11/h4,7,9H,3,5-6,8H2,1-2H3. The molecule has 0 saturated carbocycles. The average Bonchev–Trinajstić information content (AvgIpc) is 2.85. The summed E-state index contributed by atoms with van der Waals surface area (Å²) >= 11 is 7.65. The van der Waals surface area contributed by atoms with E-state index in [1.54, 1.807) is 11.3 Å². The van der Waals surface area contributed by atoms with Crippen LogP contribution in [0.4, 0.5) is 5.82 Å². The van der Waals surface area contributed by atoms with Crippen LogP contribution in [0.2, 0.25) is 5.28 Å². The highest BCUT2D eigenvalue weighted by Gasteiger charge is 2.25. The van der Waals surface area contributed by atoms with Crippen molar-refractivity contribution in [3.8, 4) is 0 Å². The first-order valence-electron chi connectivity index (χ1n) is 6.58. The SMILES string of the molecule is CCN1CCN(c2nc(Cl)nc3sccc23)CC1C. The van der Waals surface area contributed by atoms with Gasteiger partial charge in [-0.15, -0.1) is 11.3 Å². The fourth-order valence-corrected chi connectivity index (χ4v) is 3.69. The van der Waals surface area contributed by atoms with E-state index in [2.05, 4.69) is 39.7 Å². The lowest BCUT2D eigenvalue weighted by Crippen LogP contribution is -2.52. The van der Waals surface area contributed by atoms with Crippen molar-refractivity contribution >= 4 is 39.0 Å². The van der Waals surface area contributed by atoms with Crippen molar-refractivity contribution in [3.63, 3.8) is 0 Å². The van der Waals surface area contributed by atoms with E-state index in [1.165, 1.54) is 0 Å². The molecule has 4 nitrogen and oxygen atoms in total. The van der Waals surface area contributed by atoms with E-state index in [0.29, 0.717) is 11.3 Å². The number of likely N-dealkylation sites (N-methyl/N-ethyl adjacent to an activating group) is 1. The third kappa shape index (κ3) is 2.42. The van der Waals surface area contributed by atoms with E-state index < -0.39 is 0 Å². The third-order valence-corrected chi connectivity index (χ3v) is 4.72. The molecule has 1 unspecified atom stereocenters. The number of hydrogen-bond donors (Lipinski definition) is 0. The van der Waals surface area contributed by atoms with E-state index in [9.17, 15) is 0 Å². The Hall–Kier alpha value is -0.910. The predicted octanol–water partition coefficient (Wildman–Crippen LogP) is 2.88. The Bertz CT molecular complexity index is 585. The Morgan fingerprint density at radius 1 is 1.42 bits per heavy atom. The number of piperazine rings is 1. The van der Waals surface area contributed by atoms with Gasteiger partial charge in [-0.05, 0) is 36.5 Å². The van der Waals surface area contributed by atoms with Crippen molar-refractivity contribution in [1.29, 1.82) is 0 Å². The van der Waals surface area contributed by atoms with E-state index in [-0.39, 0.29) is 0 Å². The van der Waals surface area contributed by atoms with Gasteiger partial charge in [-0.1, -0.05) is 6.92 Å². The lowest BCUT2D eigenvalue weighted by molar-refractivity contribution is 0.199. The number of anilines is 1. The molecule has 1 aliphatic heterocycles. The van der Waals surface area contributed by atoms with Crippen LogP contribution in [0.5, 0.6) is 0 Å². The Balaban J connectivity index is 1.94. The average molecular weight is 297 g/mol. The van der Waals surface area contributed by atoms with Crippen LogP contribution in [0.15, 0.2) is 11.4 Å². The molecule has 19 heavy (non-hydrogen) atoms. The predicted molar refractivity (Wildman–Crippen MR) is 81.3 cm³/mol. The summed E-state index contributed by atoms with van der Waals surface area (Å²) < 4.78 is 0. The normalized spacial score (nSPS) is 21.2. The molecule has 0 aliphatic carbocycles. The van der Waals surface area contributed by atoms with Gasteiger partial charge in [-0.3, -0.25) is 4.90 Å². The second-order valence-electron chi connectivity index (χ2n) is 4.88. The van der Waals surface area contributed by atoms with E-state index in [1.807, 2.05) is 5.38 Å². The summed E-state index contributed by atoms with van der Waals surface area (Å²) in [4.78, 5) is 14.5. The second kappa shape index (κ2) is 5.23. The zero-order valence-corrected chi connectivity index (χ0v) is 12.7. The van der Waals surface area contributed by atoms with E-state index in [4.69, 9.17) is 11.6 Å². The summed E-state index contributed by atoms with van der Waals surface area (Å²) in [5.74, 6) is 0.985. The maximum absolute atomic E-state index is 6.04. The first kappa shape index (κ1) is 13.1. The van der Waals surface area contributed by atoms with Gasteiger partial charge in [0, 0.05) is 25.7 Å². The van der Waals surface area contributed by atoms with Crippen molar-refractivity contribution in [2.75, 3.05) is 31.1 Å². The van der Waals surface area contributed by atoms with Gasteiger partial charge in [0.1, 0.15) is 10.6 Å². The Kier molecular flexibility index (Phi) is 3.60. The molecule has 3 rings (SSSR count). The summed E-state index contributed by atoms with van der Waals surface area (Å²) in [7, 11) is 0. The fourth-order valence-electron chi connectivity index (χ4n) is 2.71. The molecule has 102 valence electrons. The van der Waals surface area contributed by atoms with Crippen molar-refractivity contribution < 1.29 is 0 Å². The van der Waals surface area contributed by atoms with Crippen molar-refractivity contribution in [1.82, 2.24) is 14.9 Å². The van der Waals surface area contributed by atoms with Gasteiger partial charge in [-0.2, -0.15) is 4.98 Å². The molecule has 0 spiro atoms. The molecule has 1 saturated heterocycles. The Morgan fingerprint density at radius 2 is 2.26 bits per heavy atom. The monoisotopic (exact) mass is 296 g/mol. The highest BCUT2D eigenvalue weighted by molar-refractivity contribution is 7.16. The van der Waals surface area contributed by atoms with Gasteiger partial charge in [0.2, 0.25) is 5.28 Å². The highest BCUT2D eigenvalue weighted by atomic mass is 35.5. The summed E-state index contributed by atoms with van der Waals surface area (Å²) in [5.41, 5.74) is 0. The lowest BCUT2D eigenvalue weighted by atomic mass is 10.2. The smallest absolute Gasteiger partial charge is 0.225 e. The topological polar surface area (TPSA) is 32.3 Å². The number of aromatic nitrogens is 2. The molecule has 1 aliphatic rings. The van der Waals surface area contributed by atoms with Crippen LogP contribution in [-0.4, -0.2) is 47.1 Å². The van der Waals surface area contributed by atoms with Gasteiger partial charge in [0.05, 0.1) is 5.39 Å². The number of rotatable bonds is 2. The molecule has 2 aromatic rings. The van der Waals surface area contributed by atoms with Crippen molar-refractivity contribution in [3.05, 3.63) is 16.7 Å². The summed E-state index contributed by atoms with van der Waals surface area (Å²) in [6, 6.07) is 2.63. The maximum atomic E-state index is 6.04. The molecular weight excluding hydrogens is 280 g/mol. The van der Waals surface area contributed by atoms with Gasteiger partial charge in [0.15, 0.2) is 0 Å². The zero-order valence-electron chi connectivity index (χ0n) is 11.1. The Labute approximate surface area is 122 Å². The van der Waals surface area contributed by atoms with Crippen LogP contribution < -0.4 is 4.90 Å². The molecule has 1 atom stereocenters. The number of hydrogen-bond acceptors (Lipinski definition) is 5. The van der Waals surface area contributed by atoms with Crippen LogP contribution in [0.25, 0.3) is 10.2 Å². The quantitative estimate of drug-likeness (QED) is 0.798. The zero-order chi connectivity index (χ0) is 13.4.